The lowest BCUT2D eigenvalue weighted by atomic mass is 9.80. The lowest BCUT2D eigenvalue weighted by Crippen LogP contribution is -2.46. The first-order valence-electron chi connectivity index (χ1n) is 13.4. The quantitative estimate of drug-likeness (QED) is 0.430. The van der Waals surface area contributed by atoms with Crippen LogP contribution in [-0.2, 0) is 22.9 Å². The Labute approximate surface area is 215 Å². The van der Waals surface area contributed by atoms with Gasteiger partial charge in [-0.05, 0) is 92.2 Å². The van der Waals surface area contributed by atoms with Crippen molar-refractivity contribution in [1.82, 2.24) is 9.88 Å². The van der Waals surface area contributed by atoms with Gasteiger partial charge in [0.15, 0.2) is 0 Å². The lowest BCUT2D eigenvalue weighted by molar-refractivity contribution is -0.145. The summed E-state index contributed by atoms with van der Waals surface area (Å²) in [6, 6.07) is 5.90. The third-order valence-electron chi connectivity index (χ3n) is 8.85. The minimum Gasteiger partial charge on any atom is -0.481 e. The molecule has 2 N–H and O–H groups in total. The summed E-state index contributed by atoms with van der Waals surface area (Å²) < 4.78 is 43.8. The van der Waals surface area contributed by atoms with Crippen LogP contribution in [0.25, 0.3) is 11.3 Å². The fraction of sp³-hybridized carbons (Fsp3) is 0.586. The maximum Gasteiger partial charge on any atom is 0.416 e. The second kappa shape index (κ2) is 9.52. The van der Waals surface area contributed by atoms with E-state index in [-0.39, 0.29) is 17.4 Å². The number of rotatable bonds is 7. The van der Waals surface area contributed by atoms with Crippen molar-refractivity contribution in [1.29, 1.82) is 0 Å². The van der Waals surface area contributed by atoms with Crippen molar-refractivity contribution < 1.29 is 27.9 Å². The van der Waals surface area contributed by atoms with Crippen molar-refractivity contribution in [3.8, 4) is 11.3 Å². The summed E-state index contributed by atoms with van der Waals surface area (Å²) in [4.78, 5) is 24.4. The van der Waals surface area contributed by atoms with Crippen LogP contribution < -0.4 is 5.32 Å². The van der Waals surface area contributed by atoms with Crippen LogP contribution >= 0.6 is 0 Å². The molecule has 3 saturated carbocycles. The summed E-state index contributed by atoms with van der Waals surface area (Å²) in [5.41, 5.74) is 2.12. The number of amides is 1. The molecule has 200 valence electrons. The number of carbonyl (C=O) groups is 2. The van der Waals surface area contributed by atoms with Crippen LogP contribution in [0.3, 0.4) is 0 Å². The molecule has 5 rings (SSSR count). The number of halogens is 3. The monoisotopic (exact) mass is 516 g/mol. The number of aromatic nitrogens is 1. The van der Waals surface area contributed by atoms with Gasteiger partial charge in [0, 0.05) is 24.0 Å². The van der Waals surface area contributed by atoms with E-state index < -0.39 is 23.6 Å². The molecule has 5 nitrogen and oxygen atoms in total. The predicted octanol–water partition coefficient (Wildman–Crippen LogP) is 6.71. The fourth-order valence-electron chi connectivity index (χ4n) is 5.94. The molecule has 0 spiro atoms. The number of aliphatic carboxylic acids is 1. The van der Waals surface area contributed by atoms with Gasteiger partial charge >= 0.3 is 12.1 Å². The second-order valence-electron chi connectivity index (χ2n) is 11.7. The van der Waals surface area contributed by atoms with Crippen LogP contribution in [0.5, 0.6) is 0 Å². The Morgan fingerprint density at radius 2 is 1.76 bits per heavy atom. The van der Waals surface area contributed by atoms with Crippen LogP contribution in [0, 0.1) is 18.8 Å². The first kappa shape index (κ1) is 25.9. The van der Waals surface area contributed by atoms with Gasteiger partial charge in [0.2, 0.25) is 0 Å². The number of carbonyl (C=O) groups excluding carboxylic acids is 1. The first-order chi connectivity index (χ1) is 17.4. The zero-order valence-electron chi connectivity index (χ0n) is 21.5. The van der Waals surface area contributed by atoms with Crippen molar-refractivity contribution >= 4 is 11.9 Å². The summed E-state index contributed by atoms with van der Waals surface area (Å²) >= 11 is 0. The molecule has 37 heavy (non-hydrogen) atoms. The maximum atomic E-state index is 13.9. The highest BCUT2D eigenvalue weighted by atomic mass is 19.4. The van der Waals surface area contributed by atoms with Gasteiger partial charge in [-0.3, -0.25) is 9.59 Å². The molecule has 8 heteroatoms. The smallest absolute Gasteiger partial charge is 0.416 e. The molecule has 3 aliphatic carbocycles. The van der Waals surface area contributed by atoms with Gasteiger partial charge in [0.05, 0.1) is 17.0 Å². The molecule has 0 bridgehead atoms. The molecule has 0 unspecified atom stereocenters. The van der Waals surface area contributed by atoms with Crippen LogP contribution in [0.15, 0.2) is 24.3 Å². The number of alkyl halides is 3. The number of hydrogen-bond acceptors (Lipinski definition) is 2. The summed E-state index contributed by atoms with van der Waals surface area (Å²) in [7, 11) is 0. The molecular weight excluding hydrogens is 481 g/mol. The Balaban J connectivity index is 1.52. The normalized spacial score (nSPS) is 23.4. The van der Waals surface area contributed by atoms with E-state index >= 15 is 0 Å². The topological polar surface area (TPSA) is 71.3 Å². The van der Waals surface area contributed by atoms with Gasteiger partial charge in [0.1, 0.15) is 0 Å². The van der Waals surface area contributed by atoms with Crippen molar-refractivity contribution in [2.45, 2.75) is 95.8 Å². The molecule has 3 aliphatic rings. The Kier molecular flexibility index (Phi) is 6.65. The molecule has 0 aliphatic heterocycles. The highest BCUT2D eigenvalue weighted by Crippen LogP contribution is 2.50. The molecule has 1 amide bonds. The van der Waals surface area contributed by atoms with E-state index in [1.165, 1.54) is 18.6 Å². The van der Waals surface area contributed by atoms with E-state index in [2.05, 4.69) is 5.32 Å². The maximum absolute atomic E-state index is 13.9. The SMILES string of the molecule is Cc1c(C(=O)NC2CC(C(=O)O)C2)cc(-c2cc(C(F)(F)F)cc(C3(C)CC3)c2)n1CC1CCCCC1. The van der Waals surface area contributed by atoms with Crippen LogP contribution in [-0.4, -0.2) is 27.6 Å². The number of carboxylic acid groups (broad SMARTS) is 1. The van der Waals surface area contributed by atoms with Gasteiger partial charge < -0.3 is 15.0 Å². The molecule has 1 heterocycles. The number of nitrogens with zero attached hydrogens (tertiary/aromatic N) is 1. The summed E-state index contributed by atoms with van der Waals surface area (Å²) in [5.74, 6) is -1.17. The highest BCUT2D eigenvalue weighted by molar-refractivity contribution is 5.97. The van der Waals surface area contributed by atoms with E-state index in [1.54, 1.807) is 6.07 Å². The minimum absolute atomic E-state index is 0.201. The van der Waals surface area contributed by atoms with Crippen LogP contribution in [0.4, 0.5) is 13.2 Å². The van der Waals surface area contributed by atoms with Crippen molar-refractivity contribution in [2.75, 3.05) is 0 Å². The number of carboxylic acids is 1. The average Bonchev–Trinajstić information content (AvgIpc) is 3.50. The van der Waals surface area contributed by atoms with Crippen LogP contribution in [0.1, 0.15) is 91.9 Å². The van der Waals surface area contributed by atoms with Gasteiger partial charge in [0.25, 0.3) is 5.91 Å². The van der Waals surface area contributed by atoms with Gasteiger partial charge in [-0.2, -0.15) is 13.2 Å². The number of hydrogen-bond donors (Lipinski definition) is 2. The molecule has 0 radical (unpaired) electrons. The van der Waals surface area contributed by atoms with Crippen molar-refractivity contribution in [3.63, 3.8) is 0 Å². The van der Waals surface area contributed by atoms with Gasteiger partial charge in [-0.25, -0.2) is 0 Å². The summed E-state index contributed by atoms with van der Waals surface area (Å²) in [6.45, 7) is 4.53. The standard InChI is InChI=1S/C29H35F3N2O3/c1-17-24(26(35)33-23-12-20(13-23)27(36)37)15-25(34(17)16-18-6-4-3-5-7-18)19-10-21(28(2)8-9-28)14-22(11-19)29(30,31)32/h10-11,14-15,18,20,23H,3-9,12-13,16H2,1-2H3,(H,33,35)(H,36,37). The Hall–Kier alpha value is -2.77. The zero-order valence-corrected chi connectivity index (χ0v) is 21.5. The summed E-state index contributed by atoms with van der Waals surface area (Å²) in [6.07, 6.45) is 3.69. The Bertz CT molecular complexity index is 1180. The number of benzene rings is 1. The molecule has 1 aromatic heterocycles. The zero-order chi connectivity index (χ0) is 26.5. The summed E-state index contributed by atoms with van der Waals surface area (Å²) in [5, 5.41) is 12.1. The molecule has 1 aromatic carbocycles. The highest BCUT2D eigenvalue weighted by Gasteiger charge is 2.42. The first-order valence-corrected chi connectivity index (χ1v) is 13.4. The van der Waals surface area contributed by atoms with E-state index in [1.807, 2.05) is 24.5 Å². The fourth-order valence-corrected chi connectivity index (χ4v) is 5.94. The predicted molar refractivity (Wildman–Crippen MR) is 134 cm³/mol. The van der Waals surface area contributed by atoms with Crippen LogP contribution in [0.2, 0.25) is 0 Å². The molecule has 3 fully saturated rings. The Morgan fingerprint density at radius 3 is 2.35 bits per heavy atom. The van der Waals surface area contributed by atoms with E-state index in [4.69, 9.17) is 5.11 Å². The molecule has 2 aromatic rings. The molecular formula is C29H35F3N2O3. The van der Waals surface area contributed by atoms with E-state index in [9.17, 15) is 22.8 Å². The average molecular weight is 517 g/mol. The van der Waals surface area contributed by atoms with Crippen molar-refractivity contribution in [2.24, 2.45) is 11.8 Å². The number of nitrogens with one attached hydrogen (secondary N) is 1. The molecule has 0 saturated heterocycles. The van der Waals surface area contributed by atoms with E-state index in [0.29, 0.717) is 47.7 Å². The van der Waals surface area contributed by atoms with E-state index in [0.717, 1.165) is 44.2 Å². The second-order valence-corrected chi connectivity index (χ2v) is 11.7. The third kappa shape index (κ3) is 5.30. The van der Waals surface area contributed by atoms with Gasteiger partial charge in [-0.15, -0.1) is 0 Å². The lowest BCUT2D eigenvalue weighted by Gasteiger charge is -2.32. The molecule has 0 atom stereocenters. The minimum atomic E-state index is -4.46. The van der Waals surface area contributed by atoms with Crippen molar-refractivity contribution in [3.05, 3.63) is 46.6 Å². The Morgan fingerprint density at radius 1 is 1.08 bits per heavy atom. The largest absolute Gasteiger partial charge is 0.481 e. The third-order valence-corrected chi connectivity index (χ3v) is 8.85. The van der Waals surface area contributed by atoms with Gasteiger partial charge in [-0.1, -0.05) is 26.2 Å².